The monoisotopic (exact) mass is 250 g/mol. The van der Waals surface area contributed by atoms with Gasteiger partial charge in [0.25, 0.3) is 0 Å². The average Bonchev–Trinajstić information content (AvgIpc) is 2.72. The molecule has 0 bridgehead atoms. The van der Waals surface area contributed by atoms with Crippen LogP contribution in [0.25, 0.3) is 10.9 Å². The van der Waals surface area contributed by atoms with E-state index in [0.29, 0.717) is 13.2 Å². The summed E-state index contributed by atoms with van der Waals surface area (Å²) in [6.45, 7) is 0.959. The Bertz CT molecular complexity index is 551. The number of amides is 1. The molecule has 0 aliphatic heterocycles. The average molecular weight is 250 g/mol. The van der Waals surface area contributed by atoms with Crippen LogP contribution >= 0.6 is 0 Å². The van der Waals surface area contributed by atoms with Crippen molar-refractivity contribution < 1.29 is 13.9 Å². The van der Waals surface area contributed by atoms with Gasteiger partial charge in [-0.3, -0.25) is 4.79 Å². The number of benzene rings is 1. The van der Waals surface area contributed by atoms with Gasteiger partial charge in [-0.1, -0.05) is 0 Å². The Hall–Kier alpha value is -1.88. The second kappa shape index (κ2) is 5.64. The van der Waals surface area contributed by atoms with E-state index in [4.69, 9.17) is 4.74 Å². The van der Waals surface area contributed by atoms with Crippen LogP contribution in [0.3, 0.4) is 0 Å². The van der Waals surface area contributed by atoms with Gasteiger partial charge >= 0.3 is 0 Å². The molecule has 1 amide bonds. The first-order valence-electron chi connectivity index (χ1n) is 5.72. The van der Waals surface area contributed by atoms with Crippen LogP contribution in [0.1, 0.15) is 5.56 Å². The number of ether oxygens (including phenoxy) is 1. The van der Waals surface area contributed by atoms with Crippen LogP contribution < -0.4 is 5.32 Å². The van der Waals surface area contributed by atoms with Crippen molar-refractivity contribution in [2.75, 3.05) is 20.3 Å². The fourth-order valence-corrected chi connectivity index (χ4v) is 1.82. The molecule has 5 heteroatoms. The third kappa shape index (κ3) is 2.87. The van der Waals surface area contributed by atoms with Crippen molar-refractivity contribution in [3.63, 3.8) is 0 Å². The van der Waals surface area contributed by atoms with Gasteiger partial charge in [-0.2, -0.15) is 0 Å². The predicted molar refractivity (Wildman–Crippen MR) is 66.8 cm³/mol. The molecule has 2 aromatic rings. The molecule has 1 heterocycles. The summed E-state index contributed by atoms with van der Waals surface area (Å²) in [7, 11) is 1.58. The molecule has 0 saturated heterocycles. The van der Waals surface area contributed by atoms with Crippen LogP contribution in [0.2, 0.25) is 0 Å². The quantitative estimate of drug-likeness (QED) is 0.792. The molecule has 0 spiro atoms. The zero-order valence-corrected chi connectivity index (χ0v) is 10.1. The van der Waals surface area contributed by atoms with Crippen molar-refractivity contribution in [3.8, 4) is 0 Å². The zero-order chi connectivity index (χ0) is 13.0. The van der Waals surface area contributed by atoms with E-state index in [1.54, 1.807) is 19.4 Å². The first kappa shape index (κ1) is 12.6. The zero-order valence-electron chi connectivity index (χ0n) is 10.1. The Morgan fingerprint density at radius 3 is 3.11 bits per heavy atom. The third-order valence-corrected chi connectivity index (χ3v) is 2.71. The van der Waals surface area contributed by atoms with E-state index in [1.807, 2.05) is 0 Å². The standard InChI is InChI=1S/C13H15FN2O2/c1-18-5-4-15-13(17)6-9-8-16-12-3-2-10(14)7-11(9)12/h2-3,7-8,16H,4-6H2,1H3,(H,15,17). The molecule has 18 heavy (non-hydrogen) atoms. The van der Waals surface area contributed by atoms with Crippen molar-refractivity contribution in [2.24, 2.45) is 0 Å². The van der Waals surface area contributed by atoms with Crippen LogP contribution in [0.5, 0.6) is 0 Å². The summed E-state index contributed by atoms with van der Waals surface area (Å²) in [4.78, 5) is 14.7. The number of rotatable bonds is 5. The first-order chi connectivity index (χ1) is 8.70. The third-order valence-electron chi connectivity index (χ3n) is 2.71. The largest absolute Gasteiger partial charge is 0.383 e. The maximum Gasteiger partial charge on any atom is 0.224 e. The molecule has 0 atom stereocenters. The lowest BCUT2D eigenvalue weighted by atomic mass is 10.1. The lowest BCUT2D eigenvalue weighted by molar-refractivity contribution is -0.120. The molecule has 0 unspecified atom stereocenters. The van der Waals surface area contributed by atoms with Crippen LogP contribution in [0, 0.1) is 5.82 Å². The summed E-state index contributed by atoms with van der Waals surface area (Å²) in [5.41, 5.74) is 1.62. The van der Waals surface area contributed by atoms with E-state index < -0.39 is 0 Å². The topological polar surface area (TPSA) is 54.1 Å². The number of aromatic nitrogens is 1. The molecule has 1 aromatic carbocycles. The summed E-state index contributed by atoms with van der Waals surface area (Å²) in [6.07, 6.45) is 1.97. The normalized spacial score (nSPS) is 10.8. The maximum atomic E-state index is 13.1. The molecule has 2 rings (SSSR count). The van der Waals surface area contributed by atoms with E-state index in [-0.39, 0.29) is 18.1 Å². The van der Waals surface area contributed by atoms with Gasteiger partial charge in [-0.15, -0.1) is 0 Å². The van der Waals surface area contributed by atoms with Gasteiger partial charge in [0, 0.05) is 30.8 Å². The lowest BCUT2D eigenvalue weighted by Crippen LogP contribution is -2.28. The highest BCUT2D eigenvalue weighted by Gasteiger charge is 2.09. The minimum Gasteiger partial charge on any atom is -0.383 e. The summed E-state index contributed by atoms with van der Waals surface area (Å²) in [5.74, 6) is -0.402. The Labute approximate surface area is 104 Å². The number of methoxy groups -OCH3 is 1. The Morgan fingerprint density at radius 2 is 2.33 bits per heavy atom. The highest BCUT2D eigenvalue weighted by atomic mass is 19.1. The molecule has 0 saturated carbocycles. The van der Waals surface area contributed by atoms with E-state index in [0.717, 1.165) is 16.5 Å². The van der Waals surface area contributed by atoms with Gasteiger partial charge in [0.05, 0.1) is 13.0 Å². The first-order valence-corrected chi connectivity index (χ1v) is 5.72. The SMILES string of the molecule is COCCNC(=O)Cc1c[nH]c2ccc(F)cc12. The van der Waals surface area contributed by atoms with Crippen molar-refractivity contribution in [3.05, 3.63) is 35.8 Å². The summed E-state index contributed by atoms with van der Waals surface area (Å²) in [5, 5.41) is 3.48. The van der Waals surface area contributed by atoms with Gasteiger partial charge in [0.2, 0.25) is 5.91 Å². The Kier molecular flexibility index (Phi) is 3.94. The van der Waals surface area contributed by atoms with Gasteiger partial charge < -0.3 is 15.0 Å². The van der Waals surface area contributed by atoms with Crippen molar-refractivity contribution >= 4 is 16.8 Å². The number of H-pyrrole nitrogens is 1. The number of hydrogen-bond donors (Lipinski definition) is 2. The number of carbonyl (C=O) groups excluding carboxylic acids is 1. The van der Waals surface area contributed by atoms with Crippen LogP contribution in [0.4, 0.5) is 4.39 Å². The summed E-state index contributed by atoms with van der Waals surface area (Å²) in [6, 6.07) is 4.49. The Morgan fingerprint density at radius 1 is 1.50 bits per heavy atom. The number of hydrogen-bond acceptors (Lipinski definition) is 2. The lowest BCUT2D eigenvalue weighted by Gasteiger charge is -2.03. The molecule has 0 radical (unpaired) electrons. The smallest absolute Gasteiger partial charge is 0.224 e. The summed E-state index contributed by atoms with van der Waals surface area (Å²) < 4.78 is 18.0. The summed E-state index contributed by atoms with van der Waals surface area (Å²) >= 11 is 0. The molecule has 4 nitrogen and oxygen atoms in total. The minimum absolute atomic E-state index is 0.0998. The van der Waals surface area contributed by atoms with E-state index in [9.17, 15) is 9.18 Å². The highest BCUT2D eigenvalue weighted by Crippen LogP contribution is 2.19. The molecule has 96 valence electrons. The fraction of sp³-hybridized carbons (Fsp3) is 0.308. The number of nitrogens with one attached hydrogen (secondary N) is 2. The predicted octanol–water partition coefficient (Wildman–Crippen LogP) is 1.61. The van der Waals surface area contributed by atoms with Crippen LogP contribution in [-0.2, 0) is 16.0 Å². The molecule has 0 fully saturated rings. The van der Waals surface area contributed by atoms with Crippen LogP contribution in [0.15, 0.2) is 24.4 Å². The fourth-order valence-electron chi connectivity index (χ4n) is 1.82. The molecule has 1 aromatic heterocycles. The van der Waals surface area contributed by atoms with Gasteiger partial charge in [0.15, 0.2) is 0 Å². The second-order valence-electron chi connectivity index (χ2n) is 4.02. The minimum atomic E-state index is -0.303. The van der Waals surface area contributed by atoms with Crippen molar-refractivity contribution in [2.45, 2.75) is 6.42 Å². The molecule has 2 N–H and O–H groups in total. The molecule has 0 aliphatic rings. The number of aromatic amines is 1. The number of halogens is 1. The van der Waals surface area contributed by atoms with Crippen molar-refractivity contribution in [1.29, 1.82) is 0 Å². The number of fused-ring (bicyclic) bond motifs is 1. The molecule has 0 aliphatic carbocycles. The second-order valence-corrected chi connectivity index (χ2v) is 4.02. The van der Waals surface area contributed by atoms with Gasteiger partial charge in [0.1, 0.15) is 5.82 Å². The molecular formula is C13H15FN2O2. The van der Waals surface area contributed by atoms with Crippen LogP contribution in [-0.4, -0.2) is 31.2 Å². The Balaban J connectivity index is 2.07. The van der Waals surface area contributed by atoms with Gasteiger partial charge in [-0.05, 0) is 23.8 Å². The van der Waals surface area contributed by atoms with E-state index in [2.05, 4.69) is 10.3 Å². The maximum absolute atomic E-state index is 13.1. The van der Waals surface area contributed by atoms with E-state index >= 15 is 0 Å². The highest BCUT2D eigenvalue weighted by molar-refractivity contribution is 5.88. The number of carbonyl (C=O) groups is 1. The van der Waals surface area contributed by atoms with Gasteiger partial charge in [-0.25, -0.2) is 4.39 Å². The molecular weight excluding hydrogens is 235 g/mol. The van der Waals surface area contributed by atoms with E-state index in [1.165, 1.54) is 12.1 Å². The van der Waals surface area contributed by atoms with Crippen molar-refractivity contribution in [1.82, 2.24) is 10.3 Å².